The molecule has 2 saturated heterocycles. The summed E-state index contributed by atoms with van der Waals surface area (Å²) in [6, 6.07) is 8.53. The molecule has 128 valence electrons. The van der Waals surface area contributed by atoms with Crippen LogP contribution in [0.5, 0.6) is 0 Å². The maximum absolute atomic E-state index is 12.2. The van der Waals surface area contributed by atoms with E-state index in [1.165, 1.54) is 7.11 Å². The van der Waals surface area contributed by atoms with Crippen molar-refractivity contribution in [1.82, 2.24) is 0 Å². The molecule has 2 aliphatic rings. The number of methoxy groups -OCH3 is 1. The van der Waals surface area contributed by atoms with Crippen LogP contribution in [0.1, 0.15) is 12.5 Å². The van der Waals surface area contributed by atoms with Crippen LogP contribution in [0.2, 0.25) is 0 Å². The summed E-state index contributed by atoms with van der Waals surface area (Å²) in [7, 11) is 2.43. The molecule has 0 radical (unpaired) electrons. The molecule has 7 nitrogen and oxygen atoms in total. The number of ether oxygens (including phenoxy) is 3. The highest BCUT2D eigenvalue weighted by molar-refractivity contribution is 5.84. The molecular formula is C16H22O7. The third kappa shape index (κ3) is 2.75. The zero-order valence-corrected chi connectivity index (χ0v) is 13.2. The van der Waals surface area contributed by atoms with Gasteiger partial charge in [0.05, 0.1) is 6.10 Å². The molecule has 0 aromatic heterocycles. The largest absolute Gasteiger partial charge is 0.454 e. The molecule has 2 aliphatic heterocycles. The lowest BCUT2D eigenvalue weighted by Gasteiger charge is -2.41. The fraction of sp³-hybridized carbons (Fsp3) is 0.562. The van der Waals surface area contributed by atoms with Gasteiger partial charge < -0.3 is 29.5 Å². The van der Waals surface area contributed by atoms with Crippen LogP contribution in [-0.4, -0.2) is 66.0 Å². The van der Waals surface area contributed by atoms with Crippen molar-refractivity contribution in [3.63, 3.8) is 0 Å². The monoisotopic (exact) mass is 326 g/mol. The fourth-order valence-electron chi connectivity index (χ4n) is 3.07. The van der Waals surface area contributed by atoms with E-state index >= 15 is 0 Å². The number of aliphatic hydroxyl groups is 3. The maximum Gasteiger partial charge on any atom is 0.346 e. The van der Waals surface area contributed by atoms with Crippen molar-refractivity contribution in [1.29, 1.82) is 0 Å². The van der Waals surface area contributed by atoms with E-state index in [-0.39, 0.29) is 0 Å². The van der Waals surface area contributed by atoms with E-state index < -0.39 is 42.1 Å². The van der Waals surface area contributed by atoms with Crippen molar-refractivity contribution in [2.24, 2.45) is 0 Å². The quantitative estimate of drug-likeness (QED) is 0.633. The van der Waals surface area contributed by atoms with Crippen molar-refractivity contribution < 1.29 is 34.3 Å². The predicted octanol–water partition coefficient (Wildman–Crippen LogP) is -0.429. The Morgan fingerprint density at radius 2 is 1.83 bits per heavy atom. The lowest BCUT2D eigenvalue weighted by Crippen LogP contribution is -2.60. The summed E-state index contributed by atoms with van der Waals surface area (Å²) >= 11 is 0. The number of hydrogen-bond donors (Lipinski definition) is 3. The van der Waals surface area contributed by atoms with Crippen LogP contribution in [0.25, 0.3) is 0 Å². The molecule has 23 heavy (non-hydrogen) atoms. The Kier molecular flexibility index (Phi) is 5.38. The van der Waals surface area contributed by atoms with Crippen LogP contribution in [0.4, 0.5) is 0 Å². The summed E-state index contributed by atoms with van der Waals surface area (Å²) in [5, 5.41) is 28.0. The molecule has 7 heteroatoms. The van der Waals surface area contributed by atoms with Gasteiger partial charge in [-0.3, -0.25) is 0 Å². The minimum Gasteiger partial charge on any atom is -0.454 e. The first kappa shape index (κ1) is 17.8. The Morgan fingerprint density at radius 1 is 1.22 bits per heavy atom. The first-order valence-electron chi connectivity index (χ1n) is 7.30. The van der Waals surface area contributed by atoms with E-state index in [9.17, 15) is 15.0 Å². The van der Waals surface area contributed by atoms with Crippen molar-refractivity contribution in [2.45, 2.75) is 43.0 Å². The fourth-order valence-corrected chi connectivity index (χ4v) is 3.07. The summed E-state index contributed by atoms with van der Waals surface area (Å²) < 4.78 is 16.2. The summed E-state index contributed by atoms with van der Waals surface area (Å²) in [6.45, 7) is 1.67. The highest BCUT2D eigenvalue weighted by Crippen LogP contribution is 2.43. The SMILES string of the molecule is CO.CO[C@@H]1[C@H](O)[C@@H](C)O[C@H]2[C@H]1OC(=O)[C@@]2(O)c1ccccc1. The van der Waals surface area contributed by atoms with E-state index in [1.807, 2.05) is 0 Å². The minimum atomic E-state index is -1.89. The smallest absolute Gasteiger partial charge is 0.346 e. The Bertz CT molecular complexity index is 534. The minimum absolute atomic E-state index is 0.404. The molecule has 0 aliphatic carbocycles. The van der Waals surface area contributed by atoms with Gasteiger partial charge in [0, 0.05) is 14.2 Å². The maximum atomic E-state index is 12.2. The number of carbonyl (C=O) groups excluding carboxylic acids is 1. The number of hydrogen-bond acceptors (Lipinski definition) is 7. The second-order valence-electron chi connectivity index (χ2n) is 5.46. The molecule has 3 rings (SSSR count). The normalized spacial score (nSPS) is 39.0. The average Bonchev–Trinajstić information content (AvgIpc) is 2.84. The number of fused-ring (bicyclic) bond motifs is 1. The molecule has 6 atom stereocenters. The summed E-state index contributed by atoms with van der Waals surface area (Å²) in [5.41, 5.74) is -1.49. The zero-order chi connectivity index (χ0) is 17.2. The Hall–Kier alpha value is -1.51. The molecule has 3 N–H and O–H groups in total. The van der Waals surface area contributed by atoms with Gasteiger partial charge in [0.25, 0.3) is 0 Å². The van der Waals surface area contributed by atoms with Gasteiger partial charge in [-0.05, 0) is 12.5 Å². The van der Waals surface area contributed by atoms with Gasteiger partial charge in [-0.2, -0.15) is 0 Å². The van der Waals surface area contributed by atoms with Crippen LogP contribution < -0.4 is 0 Å². The Balaban J connectivity index is 0.000000924. The topological polar surface area (TPSA) is 105 Å². The molecule has 1 aromatic carbocycles. The second kappa shape index (κ2) is 6.94. The molecule has 0 amide bonds. The van der Waals surface area contributed by atoms with Crippen LogP contribution in [0.15, 0.2) is 30.3 Å². The van der Waals surface area contributed by atoms with Crippen LogP contribution in [0, 0.1) is 0 Å². The summed E-state index contributed by atoms with van der Waals surface area (Å²) in [5.74, 6) is -0.785. The first-order valence-corrected chi connectivity index (χ1v) is 7.30. The zero-order valence-electron chi connectivity index (χ0n) is 13.2. The van der Waals surface area contributed by atoms with Crippen LogP contribution >= 0.6 is 0 Å². The Labute approximate surface area is 134 Å². The van der Waals surface area contributed by atoms with E-state index in [0.29, 0.717) is 5.56 Å². The first-order chi connectivity index (χ1) is 11.0. The highest BCUT2D eigenvalue weighted by atomic mass is 16.6. The van der Waals surface area contributed by atoms with Crippen molar-refractivity contribution in [2.75, 3.05) is 14.2 Å². The lowest BCUT2D eigenvalue weighted by molar-refractivity contribution is -0.229. The van der Waals surface area contributed by atoms with Gasteiger partial charge in [-0.25, -0.2) is 4.79 Å². The molecule has 0 bridgehead atoms. The molecular weight excluding hydrogens is 304 g/mol. The van der Waals surface area contributed by atoms with Gasteiger partial charge in [-0.1, -0.05) is 30.3 Å². The second-order valence-corrected chi connectivity index (χ2v) is 5.46. The van der Waals surface area contributed by atoms with Gasteiger partial charge >= 0.3 is 5.97 Å². The van der Waals surface area contributed by atoms with Crippen molar-refractivity contribution in [3.05, 3.63) is 35.9 Å². The third-order valence-corrected chi connectivity index (χ3v) is 4.25. The van der Waals surface area contributed by atoms with E-state index in [4.69, 9.17) is 19.3 Å². The number of esters is 1. The molecule has 0 spiro atoms. The molecule has 2 fully saturated rings. The lowest BCUT2D eigenvalue weighted by atomic mass is 9.83. The van der Waals surface area contributed by atoms with Gasteiger partial charge in [-0.15, -0.1) is 0 Å². The average molecular weight is 326 g/mol. The summed E-state index contributed by atoms with van der Waals surface area (Å²) in [4.78, 5) is 12.2. The van der Waals surface area contributed by atoms with Crippen LogP contribution in [-0.2, 0) is 24.6 Å². The molecule has 0 saturated carbocycles. The number of carbonyl (C=O) groups is 1. The van der Waals surface area contributed by atoms with Gasteiger partial charge in [0.1, 0.15) is 18.3 Å². The number of aliphatic hydroxyl groups excluding tert-OH is 2. The van der Waals surface area contributed by atoms with Crippen molar-refractivity contribution >= 4 is 5.97 Å². The van der Waals surface area contributed by atoms with Crippen molar-refractivity contribution in [3.8, 4) is 0 Å². The van der Waals surface area contributed by atoms with E-state index in [1.54, 1.807) is 37.3 Å². The third-order valence-electron chi connectivity index (χ3n) is 4.25. The molecule has 0 unspecified atom stereocenters. The van der Waals surface area contributed by atoms with Gasteiger partial charge in [0.2, 0.25) is 5.60 Å². The van der Waals surface area contributed by atoms with E-state index in [2.05, 4.69) is 0 Å². The predicted molar refractivity (Wildman–Crippen MR) is 79.5 cm³/mol. The van der Waals surface area contributed by atoms with Gasteiger partial charge in [0.15, 0.2) is 6.10 Å². The van der Waals surface area contributed by atoms with E-state index in [0.717, 1.165) is 7.11 Å². The van der Waals surface area contributed by atoms with Crippen LogP contribution in [0.3, 0.4) is 0 Å². The standard InChI is InChI=1S/C15H18O6.CH4O/c1-8-10(16)11(19-2)12-13(20-8)15(18,14(17)21-12)9-6-4-3-5-7-9;1-2/h3-8,10-13,16,18H,1-2H3;2H,1H3/t8-,10-,11-,12+,13+,15-;/m1./s1. The summed E-state index contributed by atoms with van der Waals surface area (Å²) in [6.07, 6.45) is -4.02. The molecule has 2 heterocycles. The Morgan fingerprint density at radius 3 is 2.39 bits per heavy atom. The highest BCUT2D eigenvalue weighted by Gasteiger charge is 2.64. The number of rotatable bonds is 2. The molecule has 1 aromatic rings. The number of benzene rings is 1.